The largest absolute Gasteiger partial charge is 0.497 e. The summed E-state index contributed by atoms with van der Waals surface area (Å²) in [6, 6.07) is 32.7. The van der Waals surface area contributed by atoms with Crippen LogP contribution in [0.5, 0.6) is 11.5 Å². The van der Waals surface area contributed by atoms with Crippen molar-refractivity contribution in [2.45, 2.75) is 0 Å². The van der Waals surface area contributed by atoms with E-state index < -0.39 is 0 Å². The van der Waals surface area contributed by atoms with Gasteiger partial charge in [0, 0.05) is 28.2 Å². The number of ether oxygens (including phenoxy) is 2. The zero-order valence-corrected chi connectivity index (χ0v) is 17.5. The first kappa shape index (κ1) is 20.2. The Balaban J connectivity index is 1.71. The molecule has 4 nitrogen and oxygen atoms in total. The minimum Gasteiger partial charge on any atom is -0.497 e. The van der Waals surface area contributed by atoms with E-state index in [9.17, 15) is 4.79 Å². The van der Waals surface area contributed by atoms with E-state index in [-0.39, 0.29) is 5.78 Å². The first-order valence-corrected chi connectivity index (χ1v) is 9.97. The number of anilines is 3. The lowest BCUT2D eigenvalue weighted by atomic mass is 10.0. The Morgan fingerprint density at radius 1 is 0.548 bits per heavy atom. The van der Waals surface area contributed by atoms with Gasteiger partial charge in [0.25, 0.3) is 0 Å². The minimum absolute atomic E-state index is 0.00703. The van der Waals surface area contributed by atoms with Crippen LogP contribution in [0, 0.1) is 0 Å². The summed E-state index contributed by atoms with van der Waals surface area (Å²) < 4.78 is 10.6. The maximum atomic E-state index is 12.8. The topological polar surface area (TPSA) is 38.8 Å². The van der Waals surface area contributed by atoms with Crippen LogP contribution in [0.3, 0.4) is 0 Å². The fourth-order valence-electron chi connectivity index (χ4n) is 3.43. The molecule has 0 bridgehead atoms. The molecule has 0 saturated carbocycles. The molecule has 0 aliphatic heterocycles. The van der Waals surface area contributed by atoms with Gasteiger partial charge in [0.05, 0.1) is 14.2 Å². The van der Waals surface area contributed by atoms with Gasteiger partial charge in [0.2, 0.25) is 0 Å². The van der Waals surface area contributed by atoms with Crippen molar-refractivity contribution in [3.63, 3.8) is 0 Å². The summed E-state index contributed by atoms with van der Waals surface area (Å²) in [5.74, 6) is 1.59. The monoisotopic (exact) mass is 409 g/mol. The number of methoxy groups -OCH3 is 2. The molecular weight excluding hydrogens is 386 g/mol. The van der Waals surface area contributed by atoms with E-state index in [4.69, 9.17) is 9.47 Å². The van der Waals surface area contributed by atoms with E-state index in [0.717, 1.165) is 28.6 Å². The smallest absolute Gasteiger partial charge is 0.193 e. The summed E-state index contributed by atoms with van der Waals surface area (Å²) in [5.41, 5.74) is 4.23. The second-order valence-corrected chi connectivity index (χ2v) is 6.97. The molecule has 0 aromatic heterocycles. The second kappa shape index (κ2) is 9.18. The van der Waals surface area contributed by atoms with E-state index in [1.54, 1.807) is 14.2 Å². The Hall–Kier alpha value is -4.05. The summed E-state index contributed by atoms with van der Waals surface area (Å²) >= 11 is 0. The molecule has 0 spiro atoms. The van der Waals surface area contributed by atoms with Crippen molar-refractivity contribution >= 4 is 22.8 Å². The molecule has 0 amide bonds. The van der Waals surface area contributed by atoms with Crippen LogP contribution in [-0.2, 0) is 0 Å². The normalized spacial score (nSPS) is 10.4. The van der Waals surface area contributed by atoms with E-state index >= 15 is 0 Å². The summed E-state index contributed by atoms with van der Waals surface area (Å²) in [7, 11) is 3.30. The molecule has 4 rings (SSSR count). The van der Waals surface area contributed by atoms with E-state index in [1.165, 1.54) is 0 Å². The molecule has 0 saturated heterocycles. The van der Waals surface area contributed by atoms with Crippen LogP contribution in [0.25, 0.3) is 0 Å². The molecule has 154 valence electrons. The number of nitrogens with zero attached hydrogens (tertiary/aromatic N) is 1. The van der Waals surface area contributed by atoms with Crippen LogP contribution in [-0.4, -0.2) is 20.0 Å². The number of hydrogen-bond acceptors (Lipinski definition) is 4. The van der Waals surface area contributed by atoms with E-state index in [0.29, 0.717) is 11.1 Å². The third-order valence-corrected chi connectivity index (χ3v) is 5.08. The highest BCUT2D eigenvalue weighted by molar-refractivity contribution is 6.09. The van der Waals surface area contributed by atoms with Crippen molar-refractivity contribution in [3.05, 3.63) is 114 Å². The van der Waals surface area contributed by atoms with Gasteiger partial charge in [-0.1, -0.05) is 30.3 Å². The third-order valence-electron chi connectivity index (χ3n) is 5.08. The van der Waals surface area contributed by atoms with E-state index in [1.807, 2.05) is 103 Å². The predicted molar refractivity (Wildman–Crippen MR) is 124 cm³/mol. The zero-order valence-electron chi connectivity index (χ0n) is 17.5. The molecule has 0 heterocycles. The first-order valence-electron chi connectivity index (χ1n) is 9.97. The Bertz CT molecular complexity index is 1090. The van der Waals surface area contributed by atoms with Crippen LogP contribution in [0.15, 0.2) is 103 Å². The molecule has 4 aromatic rings. The summed E-state index contributed by atoms with van der Waals surface area (Å²) in [6.07, 6.45) is 0. The molecule has 0 radical (unpaired) electrons. The zero-order chi connectivity index (χ0) is 21.6. The molecule has 31 heavy (non-hydrogen) atoms. The lowest BCUT2D eigenvalue weighted by molar-refractivity contribution is 0.103. The fraction of sp³-hybridized carbons (Fsp3) is 0.0741. The van der Waals surface area contributed by atoms with Crippen molar-refractivity contribution in [2.24, 2.45) is 0 Å². The lowest BCUT2D eigenvalue weighted by Crippen LogP contribution is -2.10. The summed E-state index contributed by atoms with van der Waals surface area (Å²) in [5, 5.41) is 0. The number of rotatable bonds is 7. The molecule has 0 aliphatic rings. The number of hydrogen-bond donors (Lipinski definition) is 0. The second-order valence-electron chi connectivity index (χ2n) is 6.97. The average Bonchev–Trinajstić information content (AvgIpc) is 2.85. The third kappa shape index (κ3) is 4.43. The summed E-state index contributed by atoms with van der Waals surface area (Å²) in [4.78, 5) is 14.9. The summed E-state index contributed by atoms with van der Waals surface area (Å²) in [6.45, 7) is 0. The standard InChI is InChI=1S/C27H23NO3/c1-30-25-16-12-23(13-17-25)28(24-14-18-26(31-2)19-15-24)22-10-8-21(9-11-22)27(29)20-6-4-3-5-7-20/h3-19H,1-2H3. The lowest BCUT2D eigenvalue weighted by Gasteiger charge is -2.26. The number of ketones is 1. The van der Waals surface area contributed by atoms with Gasteiger partial charge in [-0.05, 0) is 72.8 Å². The molecular formula is C27H23NO3. The number of benzene rings is 4. The van der Waals surface area contributed by atoms with Crippen LogP contribution >= 0.6 is 0 Å². The van der Waals surface area contributed by atoms with Crippen molar-refractivity contribution < 1.29 is 14.3 Å². The van der Waals surface area contributed by atoms with Crippen LogP contribution < -0.4 is 14.4 Å². The van der Waals surface area contributed by atoms with Gasteiger partial charge in [0.1, 0.15) is 11.5 Å². The van der Waals surface area contributed by atoms with Gasteiger partial charge >= 0.3 is 0 Å². The Morgan fingerprint density at radius 2 is 0.935 bits per heavy atom. The van der Waals surface area contributed by atoms with Crippen molar-refractivity contribution in [1.29, 1.82) is 0 Å². The molecule has 0 unspecified atom stereocenters. The van der Waals surface area contributed by atoms with E-state index in [2.05, 4.69) is 4.90 Å². The molecule has 0 fully saturated rings. The maximum Gasteiger partial charge on any atom is 0.193 e. The Morgan fingerprint density at radius 3 is 1.35 bits per heavy atom. The molecule has 4 aromatic carbocycles. The highest BCUT2D eigenvalue weighted by atomic mass is 16.5. The molecule has 0 aliphatic carbocycles. The Kier molecular flexibility index (Phi) is 5.99. The number of carbonyl (C=O) groups is 1. The first-order chi connectivity index (χ1) is 15.2. The van der Waals surface area contributed by atoms with Crippen LogP contribution in [0.4, 0.5) is 17.1 Å². The highest BCUT2D eigenvalue weighted by Crippen LogP contribution is 2.36. The maximum absolute atomic E-state index is 12.8. The predicted octanol–water partition coefficient (Wildman–Crippen LogP) is 6.40. The molecule has 0 N–H and O–H groups in total. The van der Waals surface area contributed by atoms with Crippen LogP contribution in [0.1, 0.15) is 15.9 Å². The van der Waals surface area contributed by atoms with Crippen LogP contribution in [0.2, 0.25) is 0 Å². The van der Waals surface area contributed by atoms with Gasteiger partial charge < -0.3 is 14.4 Å². The van der Waals surface area contributed by atoms with Gasteiger partial charge in [0.15, 0.2) is 5.78 Å². The van der Waals surface area contributed by atoms with Gasteiger partial charge in [-0.15, -0.1) is 0 Å². The average molecular weight is 409 g/mol. The number of carbonyl (C=O) groups excluding carboxylic acids is 1. The Labute approximate surface area is 182 Å². The van der Waals surface area contributed by atoms with Crippen molar-refractivity contribution in [3.8, 4) is 11.5 Å². The van der Waals surface area contributed by atoms with Gasteiger partial charge in [-0.2, -0.15) is 0 Å². The van der Waals surface area contributed by atoms with Crippen molar-refractivity contribution in [2.75, 3.05) is 19.1 Å². The highest BCUT2D eigenvalue weighted by Gasteiger charge is 2.14. The quantitative estimate of drug-likeness (QED) is 0.331. The van der Waals surface area contributed by atoms with Gasteiger partial charge in [-0.3, -0.25) is 4.79 Å². The molecule has 4 heteroatoms. The SMILES string of the molecule is COc1ccc(N(c2ccc(OC)cc2)c2ccc(C(=O)c3ccccc3)cc2)cc1. The minimum atomic E-state index is 0.00703. The molecule has 0 atom stereocenters. The van der Waals surface area contributed by atoms with Crippen molar-refractivity contribution in [1.82, 2.24) is 0 Å². The van der Waals surface area contributed by atoms with Gasteiger partial charge in [-0.25, -0.2) is 0 Å². The fourth-order valence-corrected chi connectivity index (χ4v) is 3.43.